The van der Waals surface area contributed by atoms with E-state index in [0.717, 1.165) is 0 Å². The van der Waals surface area contributed by atoms with E-state index < -0.39 is 0 Å². The Morgan fingerprint density at radius 2 is 0.833 bits per heavy atom. The summed E-state index contributed by atoms with van der Waals surface area (Å²) in [5.41, 5.74) is 0. The first kappa shape index (κ1) is 12.9. The Balaban J connectivity index is 0. The van der Waals surface area contributed by atoms with Crippen molar-refractivity contribution in [2.45, 2.75) is 0 Å². The van der Waals surface area contributed by atoms with E-state index >= 15 is 0 Å². The molecule has 0 aliphatic heterocycles. The topological polar surface area (TPSA) is 40.5 Å². The third kappa shape index (κ3) is 6.42. The highest BCUT2D eigenvalue weighted by atomic mass is 16.3. The van der Waals surface area contributed by atoms with Crippen molar-refractivity contribution in [1.82, 2.24) is 0 Å². The SMILES string of the molecule is C=C.C=C.Oc1ccc(O)cc1. The van der Waals surface area contributed by atoms with Crippen molar-refractivity contribution in [3.8, 4) is 11.5 Å². The van der Waals surface area contributed by atoms with E-state index in [1.165, 1.54) is 24.3 Å². The summed E-state index contributed by atoms with van der Waals surface area (Å²) in [4.78, 5) is 0. The van der Waals surface area contributed by atoms with Crippen molar-refractivity contribution in [1.29, 1.82) is 0 Å². The van der Waals surface area contributed by atoms with Crippen LogP contribution in [0, 0.1) is 0 Å². The summed E-state index contributed by atoms with van der Waals surface area (Å²) >= 11 is 0. The average molecular weight is 166 g/mol. The summed E-state index contributed by atoms with van der Waals surface area (Å²) in [6.07, 6.45) is 0. The third-order valence-corrected chi connectivity index (χ3v) is 0.850. The number of phenols is 2. The molecule has 2 nitrogen and oxygen atoms in total. The van der Waals surface area contributed by atoms with Crippen LogP contribution in [0.3, 0.4) is 0 Å². The van der Waals surface area contributed by atoms with Crippen molar-refractivity contribution < 1.29 is 10.2 Å². The van der Waals surface area contributed by atoms with Gasteiger partial charge in [0, 0.05) is 0 Å². The fourth-order valence-electron chi connectivity index (χ4n) is 0.453. The molecular formula is C10H14O2. The zero-order valence-corrected chi connectivity index (χ0v) is 7.03. The van der Waals surface area contributed by atoms with Crippen molar-refractivity contribution in [2.24, 2.45) is 0 Å². The van der Waals surface area contributed by atoms with Gasteiger partial charge in [-0.15, -0.1) is 26.3 Å². The number of aromatic hydroxyl groups is 2. The lowest BCUT2D eigenvalue weighted by Crippen LogP contribution is -1.61. The molecule has 0 bridgehead atoms. The van der Waals surface area contributed by atoms with Crippen LogP contribution in [-0.4, -0.2) is 10.2 Å². The molecule has 2 heteroatoms. The van der Waals surface area contributed by atoms with Gasteiger partial charge in [0.25, 0.3) is 0 Å². The van der Waals surface area contributed by atoms with Crippen LogP contribution in [-0.2, 0) is 0 Å². The molecule has 1 aromatic rings. The maximum Gasteiger partial charge on any atom is 0.115 e. The second-order valence-electron chi connectivity index (χ2n) is 1.52. The first-order valence-electron chi connectivity index (χ1n) is 3.27. The van der Waals surface area contributed by atoms with Crippen LogP contribution in [0.2, 0.25) is 0 Å². The molecule has 0 aliphatic rings. The highest BCUT2D eigenvalue weighted by molar-refractivity contribution is 5.28. The Morgan fingerprint density at radius 1 is 0.667 bits per heavy atom. The zero-order chi connectivity index (χ0) is 9.98. The van der Waals surface area contributed by atoms with Gasteiger partial charge in [0.1, 0.15) is 11.5 Å². The highest BCUT2D eigenvalue weighted by Gasteiger charge is 1.84. The predicted molar refractivity (Wildman–Crippen MR) is 52.3 cm³/mol. The summed E-state index contributed by atoms with van der Waals surface area (Å²) in [6.45, 7) is 12.0. The molecule has 0 radical (unpaired) electrons. The molecule has 0 saturated carbocycles. The van der Waals surface area contributed by atoms with Crippen LogP contribution >= 0.6 is 0 Å². The molecule has 1 rings (SSSR count). The first-order chi connectivity index (χ1) is 5.79. The second kappa shape index (κ2) is 9.30. The van der Waals surface area contributed by atoms with E-state index in [1.54, 1.807) is 0 Å². The minimum absolute atomic E-state index is 0.169. The fourth-order valence-corrected chi connectivity index (χ4v) is 0.453. The van der Waals surface area contributed by atoms with Gasteiger partial charge < -0.3 is 10.2 Å². The van der Waals surface area contributed by atoms with Gasteiger partial charge in [0.05, 0.1) is 0 Å². The molecule has 12 heavy (non-hydrogen) atoms. The monoisotopic (exact) mass is 166 g/mol. The standard InChI is InChI=1S/C6H6O2.2C2H4/c7-5-1-2-6(8)4-3-5;2*1-2/h1-4,7-8H;2*1-2H2. The molecule has 2 N–H and O–H groups in total. The maximum absolute atomic E-state index is 8.65. The number of rotatable bonds is 0. The fraction of sp³-hybridized carbons (Fsp3) is 0. The van der Waals surface area contributed by atoms with Gasteiger partial charge in [0.2, 0.25) is 0 Å². The molecule has 0 aliphatic carbocycles. The molecule has 1 aromatic carbocycles. The van der Waals surface area contributed by atoms with Gasteiger partial charge in [-0.25, -0.2) is 0 Å². The Bertz CT molecular complexity index is 168. The maximum atomic E-state index is 8.65. The quantitative estimate of drug-likeness (QED) is 0.459. The molecule has 0 saturated heterocycles. The first-order valence-corrected chi connectivity index (χ1v) is 3.27. The Morgan fingerprint density at radius 3 is 1.00 bits per heavy atom. The summed E-state index contributed by atoms with van der Waals surface area (Å²) < 4.78 is 0. The molecule has 0 amide bonds. The van der Waals surface area contributed by atoms with Crippen LogP contribution in [0.5, 0.6) is 11.5 Å². The molecule has 0 fully saturated rings. The second-order valence-corrected chi connectivity index (χ2v) is 1.52. The van der Waals surface area contributed by atoms with Gasteiger partial charge in [-0.1, -0.05) is 0 Å². The van der Waals surface area contributed by atoms with Gasteiger partial charge in [-0.2, -0.15) is 0 Å². The van der Waals surface area contributed by atoms with Crippen LogP contribution in [0.15, 0.2) is 50.6 Å². The molecule has 0 spiro atoms. The van der Waals surface area contributed by atoms with E-state index in [-0.39, 0.29) is 11.5 Å². The third-order valence-electron chi connectivity index (χ3n) is 0.850. The lowest BCUT2D eigenvalue weighted by molar-refractivity contribution is 0.460. The Labute approximate surface area is 73.1 Å². The predicted octanol–water partition coefficient (Wildman–Crippen LogP) is 2.70. The molecule has 0 atom stereocenters. The van der Waals surface area contributed by atoms with Crippen molar-refractivity contribution in [3.05, 3.63) is 50.6 Å². The van der Waals surface area contributed by atoms with Gasteiger partial charge in [-0.05, 0) is 24.3 Å². The summed E-state index contributed by atoms with van der Waals surface area (Å²) in [5, 5.41) is 17.3. The average Bonchev–Trinajstić information content (AvgIpc) is 2.17. The van der Waals surface area contributed by atoms with E-state index in [2.05, 4.69) is 26.3 Å². The summed E-state index contributed by atoms with van der Waals surface area (Å²) in [6, 6.07) is 5.70. The van der Waals surface area contributed by atoms with E-state index in [9.17, 15) is 0 Å². The molecule has 66 valence electrons. The normalized spacial score (nSPS) is 6.67. The van der Waals surface area contributed by atoms with Gasteiger partial charge in [0.15, 0.2) is 0 Å². The summed E-state index contributed by atoms with van der Waals surface area (Å²) in [5.74, 6) is 0.339. The van der Waals surface area contributed by atoms with Crippen molar-refractivity contribution in [2.75, 3.05) is 0 Å². The van der Waals surface area contributed by atoms with Gasteiger partial charge >= 0.3 is 0 Å². The number of phenolic OH excluding ortho intramolecular Hbond substituents is 2. The number of hydrogen-bond acceptors (Lipinski definition) is 2. The molecule has 0 heterocycles. The molecular weight excluding hydrogens is 152 g/mol. The highest BCUT2D eigenvalue weighted by Crippen LogP contribution is 2.13. The van der Waals surface area contributed by atoms with Crippen LogP contribution < -0.4 is 0 Å². The Hall–Kier alpha value is -1.70. The lowest BCUT2D eigenvalue weighted by atomic mass is 10.3. The van der Waals surface area contributed by atoms with Crippen LogP contribution in [0.4, 0.5) is 0 Å². The minimum Gasteiger partial charge on any atom is -0.508 e. The Kier molecular flexibility index (Phi) is 10.0. The van der Waals surface area contributed by atoms with Crippen molar-refractivity contribution >= 4 is 0 Å². The van der Waals surface area contributed by atoms with Crippen molar-refractivity contribution in [3.63, 3.8) is 0 Å². The van der Waals surface area contributed by atoms with Crippen LogP contribution in [0.1, 0.15) is 0 Å². The van der Waals surface area contributed by atoms with Gasteiger partial charge in [-0.3, -0.25) is 0 Å². The van der Waals surface area contributed by atoms with E-state index in [1.807, 2.05) is 0 Å². The minimum atomic E-state index is 0.169. The smallest absolute Gasteiger partial charge is 0.115 e. The number of hydrogen-bond donors (Lipinski definition) is 2. The summed E-state index contributed by atoms with van der Waals surface area (Å²) in [7, 11) is 0. The van der Waals surface area contributed by atoms with Crippen LogP contribution in [0.25, 0.3) is 0 Å². The number of benzene rings is 1. The molecule has 0 unspecified atom stereocenters. The lowest BCUT2D eigenvalue weighted by Gasteiger charge is -1.88. The largest absolute Gasteiger partial charge is 0.508 e. The van der Waals surface area contributed by atoms with E-state index in [4.69, 9.17) is 10.2 Å². The zero-order valence-electron chi connectivity index (χ0n) is 7.03. The van der Waals surface area contributed by atoms with E-state index in [0.29, 0.717) is 0 Å². The molecule has 0 aromatic heterocycles.